The highest BCUT2D eigenvalue weighted by Crippen LogP contribution is 2.47. The van der Waals surface area contributed by atoms with E-state index in [1.165, 1.54) is 120 Å². The minimum absolute atomic E-state index is 1.12. The van der Waals surface area contributed by atoms with Crippen molar-refractivity contribution < 1.29 is 17.3 Å². The van der Waals surface area contributed by atoms with Gasteiger partial charge in [-0.05, 0) is 157 Å². The van der Waals surface area contributed by atoms with Crippen LogP contribution in [0.1, 0.15) is 0 Å². The van der Waals surface area contributed by atoms with Crippen molar-refractivity contribution in [3.8, 4) is 50.4 Å². The lowest BCUT2D eigenvalue weighted by Gasteiger charge is -2.23. The average Bonchev–Trinajstić information content (AvgIpc) is 3.58. The Morgan fingerprint density at radius 2 is 0.480 bits per heavy atom. The molecular formula is C67H42BF4N3. The van der Waals surface area contributed by atoms with Gasteiger partial charge in [0.1, 0.15) is 49.3 Å². The maximum absolute atomic E-state index is 9.75. The van der Waals surface area contributed by atoms with Crippen molar-refractivity contribution >= 4 is 94.2 Å². The van der Waals surface area contributed by atoms with Gasteiger partial charge in [-0.2, -0.15) is 0 Å². The fourth-order valence-electron chi connectivity index (χ4n) is 11.9. The van der Waals surface area contributed by atoms with E-state index in [4.69, 9.17) is 0 Å². The molecule has 8 heteroatoms. The molecule has 0 aliphatic rings. The third kappa shape index (κ3) is 7.32. The first-order chi connectivity index (χ1) is 36.7. The van der Waals surface area contributed by atoms with Crippen LogP contribution in [0, 0.1) is 0 Å². The molecule has 0 bridgehead atoms. The molecule has 3 nitrogen and oxygen atoms in total. The zero-order chi connectivity index (χ0) is 50.4. The van der Waals surface area contributed by atoms with E-state index < -0.39 is 7.25 Å². The monoisotopic (exact) mass is 975 g/mol. The lowest BCUT2D eigenvalue weighted by atomic mass is 9.93. The van der Waals surface area contributed by atoms with Gasteiger partial charge in [0, 0.05) is 0 Å². The Kier molecular flexibility index (Phi) is 10.2. The van der Waals surface area contributed by atoms with Gasteiger partial charge < -0.3 is 17.3 Å². The van der Waals surface area contributed by atoms with Gasteiger partial charge in [-0.3, -0.25) is 13.7 Å². The molecule has 0 fully saturated rings. The maximum atomic E-state index is 9.75. The summed E-state index contributed by atoms with van der Waals surface area (Å²) in [5.74, 6) is 0. The largest absolute Gasteiger partial charge is 0.673 e. The van der Waals surface area contributed by atoms with Crippen LogP contribution in [0.4, 0.5) is 17.3 Å². The van der Waals surface area contributed by atoms with Crippen LogP contribution in [0.15, 0.2) is 255 Å². The van der Waals surface area contributed by atoms with Crippen LogP contribution in [0.2, 0.25) is 0 Å². The zero-order valence-electron chi connectivity index (χ0n) is 40.2. The van der Waals surface area contributed by atoms with E-state index in [9.17, 15) is 17.3 Å². The van der Waals surface area contributed by atoms with E-state index in [0.717, 1.165) is 17.1 Å². The SMILES string of the molecule is F[B-](F)(F)F.c1ccc2c(-c3ccc(-n4c5cccc6c5[c+]5c7c4cccc7n(-c4ccc(-c7cccc8ccccc78)cc4)c4cccc(c45)n6-c4ccc(-c5cccc6ccccc56)cc4)cc3)cccc2c1. The van der Waals surface area contributed by atoms with Crippen molar-refractivity contribution in [2.24, 2.45) is 0 Å². The molecule has 3 heterocycles. The zero-order valence-corrected chi connectivity index (χ0v) is 40.2. The van der Waals surface area contributed by atoms with E-state index in [1.54, 1.807) is 0 Å². The molecule has 15 rings (SSSR count). The van der Waals surface area contributed by atoms with Gasteiger partial charge >= 0.3 is 7.25 Å². The first-order valence-corrected chi connectivity index (χ1v) is 25.0. The van der Waals surface area contributed by atoms with Crippen molar-refractivity contribution in [2.45, 2.75) is 0 Å². The predicted molar refractivity (Wildman–Crippen MR) is 307 cm³/mol. The molecule has 0 N–H and O–H groups in total. The molecule has 0 spiro atoms. The second kappa shape index (κ2) is 17.3. The summed E-state index contributed by atoms with van der Waals surface area (Å²) in [5.41, 5.74) is 17.7. The van der Waals surface area contributed by atoms with Crippen LogP contribution in [0.25, 0.3) is 137 Å². The summed E-state index contributed by atoms with van der Waals surface area (Å²) in [6, 6.07) is 94.0. The van der Waals surface area contributed by atoms with Crippen molar-refractivity contribution in [1.29, 1.82) is 0 Å². The fraction of sp³-hybridized carbons (Fsp3) is 0. The summed E-state index contributed by atoms with van der Waals surface area (Å²) >= 11 is 0. The molecule has 0 radical (unpaired) electrons. The van der Waals surface area contributed by atoms with Gasteiger partial charge in [-0.1, -0.05) is 164 Å². The highest BCUT2D eigenvalue weighted by atomic mass is 19.5. The summed E-state index contributed by atoms with van der Waals surface area (Å²) in [6.07, 6.45) is 0. The van der Waals surface area contributed by atoms with Gasteiger partial charge in [-0.15, -0.1) is 0 Å². The number of benzene rings is 12. The van der Waals surface area contributed by atoms with Gasteiger partial charge in [0.15, 0.2) is 0 Å². The maximum Gasteiger partial charge on any atom is 0.673 e. The van der Waals surface area contributed by atoms with Gasteiger partial charge in [0.25, 0.3) is 0 Å². The van der Waals surface area contributed by atoms with Crippen molar-refractivity contribution in [2.75, 3.05) is 0 Å². The topological polar surface area (TPSA) is 14.8 Å². The van der Waals surface area contributed by atoms with Crippen LogP contribution in [0.3, 0.4) is 0 Å². The van der Waals surface area contributed by atoms with E-state index in [0.29, 0.717) is 0 Å². The summed E-state index contributed by atoms with van der Waals surface area (Å²) in [7, 11) is -6.00. The smallest absolute Gasteiger partial charge is 0.418 e. The number of fused-ring (bicyclic) bond motifs is 3. The number of hydrogen-bond acceptors (Lipinski definition) is 0. The summed E-state index contributed by atoms with van der Waals surface area (Å²) in [4.78, 5) is 0. The van der Waals surface area contributed by atoms with Crippen LogP contribution in [-0.2, 0) is 0 Å². The van der Waals surface area contributed by atoms with Crippen LogP contribution in [0.5, 0.6) is 0 Å². The van der Waals surface area contributed by atoms with Gasteiger partial charge in [0.2, 0.25) is 0 Å². The van der Waals surface area contributed by atoms with E-state index in [2.05, 4.69) is 268 Å². The second-order valence-electron chi connectivity index (χ2n) is 19.1. The molecule has 0 atom stereocenters. The molecule has 0 saturated carbocycles. The Morgan fingerprint density at radius 1 is 0.253 bits per heavy atom. The molecule has 75 heavy (non-hydrogen) atoms. The lowest BCUT2D eigenvalue weighted by Crippen LogP contribution is -2.10. The normalized spacial score (nSPS) is 12.0. The van der Waals surface area contributed by atoms with Crippen molar-refractivity contribution in [3.05, 3.63) is 255 Å². The van der Waals surface area contributed by atoms with E-state index in [-0.39, 0.29) is 0 Å². The Morgan fingerprint density at radius 3 is 0.747 bits per heavy atom. The molecular weight excluding hydrogens is 934 g/mol. The third-order valence-electron chi connectivity index (χ3n) is 14.9. The summed E-state index contributed by atoms with van der Waals surface area (Å²) < 4.78 is 46.5. The van der Waals surface area contributed by atoms with Crippen molar-refractivity contribution in [1.82, 2.24) is 13.7 Å². The Bertz CT molecular complexity index is 4120. The molecule has 15 aromatic rings. The highest BCUT2D eigenvalue weighted by Gasteiger charge is 2.30. The predicted octanol–water partition coefficient (Wildman–Crippen LogP) is 19.3. The first-order valence-electron chi connectivity index (χ1n) is 25.0. The lowest BCUT2D eigenvalue weighted by molar-refractivity contribution is 0.368. The standard InChI is InChI=1S/C67H42N3.BF4/c1-4-19-52-43(13-1)16-7-22-55(52)46-31-37-49(38-32-46)68-58-25-10-27-60-64(58)67-65-59(68)26-11-28-61(65)70(51-41-35-48(36-42-51)57-24-9-18-45-15-3-6-21-54(45)57)63-30-12-29-62(66(63)67)69(60)50-39-33-47(34-40-50)56-23-8-17-44-14-2-5-20-53(44)56;2-1(3,4)5/h1-42H;/q+1;-1. The number of nitrogens with zero attached hydrogens (tertiary/aromatic N) is 3. The van der Waals surface area contributed by atoms with Crippen molar-refractivity contribution in [3.63, 3.8) is 0 Å². The molecule has 3 aromatic heterocycles. The molecule has 12 aromatic carbocycles. The Labute approximate surface area is 428 Å². The number of aromatic nitrogens is 3. The molecule has 0 amide bonds. The molecule has 0 aliphatic heterocycles. The number of hydrogen-bond donors (Lipinski definition) is 0. The quantitative estimate of drug-likeness (QED) is 0.0519. The van der Waals surface area contributed by atoms with Gasteiger partial charge in [-0.25, -0.2) is 0 Å². The Hall–Kier alpha value is -9.53. The molecule has 0 saturated heterocycles. The number of pyridine rings is 3. The number of halogens is 4. The fourth-order valence-corrected chi connectivity index (χ4v) is 11.9. The molecule has 0 aliphatic carbocycles. The van der Waals surface area contributed by atoms with Crippen LogP contribution in [-0.4, -0.2) is 21.0 Å². The average molecular weight is 976 g/mol. The second-order valence-corrected chi connectivity index (χ2v) is 19.1. The molecule has 356 valence electrons. The van der Waals surface area contributed by atoms with E-state index >= 15 is 0 Å². The summed E-state index contributed by atoms with van der Waals surface area (Å²) in [5, 5.41) is 12.5. The first kappa shape index (κ1) is 44.2. The van der Waals surface area contributed by atoms with Crippen LogP contribution >= 0.6 is 0 Å². The summed E-state index contributed by atoms with van der Waals surface area (Å²) in [6.45, 7) is 0. The van der Waals surface area contributed by atoms with Crippen LogP contribution < -0.4 is 0 Å². The minimum Gasteiger partial charge on any atom is -0.418 e. The highest BCUT2D eigenvalue weighted by molar-refractivity contribution is 6.50. The third-order valence-corrected chi connectivity index (χ3v) is 14.9. The number of rotatable bonds is 6. The van der Waals surface area contributed by atoms with E-state index in [1.807, 2.05) is 0 Å². The van der Waals surface area contributed by atoms with Gasteiger partial charge in [0.05, 0.1) is 22.4 Å². The minimum atomic E-state index is -6.00. The molecule has 0 unspecified atom stereocenters. The Balaban J connectivity index is 0.000000989.